The summed E-state index contributed by atoms with van der Waals surface area (Å²) in [5, 5.41) is 0. The van der Waals surface area contributed by atoms with E-state index in [9.17, 15) is 0 Å². The topological polar surface area (TPSA) is 15.6 Å². The Morgan fingerprint density at radius 3 is 2.88 bits per heavy atom. The van der Waals surface area contributed by atoms with Crippen molar-refractivity contribution < 1.29 is 0 Å². The molecule has 4 heteroatoms. The van der Waals surface area contributed by atoms with Crippen LogP contribution < -0.4 is 0 Å². The van der Waals surface area contributed by atoms with Crippen LogP contribution in [0.2, 0.25) is 0 Å². The average molecular weight is 149 g/mol. The molecule has 0 radical (unpaired) electrons. The zero-order valence-corrected chi connectivity index (χ0v) is 6.10. The van der Waals surface area contributed by atoms with Gasteiger partial charge in [0.2, 0.25) is 7.58 Å². The molecule has 0 aromatic rings. The highest BCUT2D eigenvalue weighted by atomic mass is 35.7. The molecule has 0 saturated heterocycles. The summed E-state index contributed by atoms with van der Waals surface area (Å²) in [5.41, 5.74) is 0. The van der Waals surface area contributed by atoms with Gasteiger partial charge in [0.25, 0.3) is 0 Å². The fraction of sp³-hybridized carbons (Fsp3) is 0.250. The van der Waals surface area contributed by atoms with E-state index in [-0.39, 0.29) is 0 Å². The van der Waals surface area contributed by atoms with Crippen LogP contribution in [0.1, 0.15) is 0 Å². The van der Waals surface area contributed by atoms with E-state index in [1.165, 1.54) is 0 Å². The van der Waals surface area contributed by atoms with Gasteiger partial charge in [0, 0.05) is 19.5 Å². The minimum Gasteiger partial charge on any atom is -0.330 e. The van der Waals surface area contributed by atoms with E-state index in [1.807, 2.05) is 24.0 Å². The third kappa shape index (κ3) is 1.21. The van der Waals surface area contributed by atoms with Crippen LogP contribution in [-0.2, 0) is 0 Å². The Balaban J connectivity index is 2.59. The first-order chi connectivity index (χ1) is 3.80. The molecule has 1 aliphatic heterocycles. The fourth-order valence-corrected chi connectivity index (χ4v) is 1.23. The van der Waals surface area contributed by atoms with Gasteiger partial charge in [-0.3, -0.25) is 0 Å². The number of allylic oxidation sites excluding steroid dienone is 1. The Bertz CT molecular complexity index is 118. The molecule has 2 nitrogen and oxygen atoms in total. The van der Waals surface area contributed by atoms with Crippen LogP contribution in [-0.4, -0.2) is 17.9 Å². The van der Waals surface area contributed by atoms with E-state index in [2.05, 4.69) is 4.76 Å². The van der Waals surface area contributed by atoms with Crippen molar-refractivity contribution >= 4 is 25.0 Å². The zero-order valence-electron chi connectivity index (χ0n) is 4.45. The van der Waals surface area contributed by atoms with Crippen LogP contribution in [0.4, 0.5) is 0 Å². The van der Waals surface area contributed by atoms with Crippen molar-refractivity contribution in [3.8, 4) is 0 Å². The molecule has 0 fully saturated rings. The first-order valence-corrected chi connectivity index (χ1v) is 4.35. The van der Waals surface area contributed by atoms with E-state index in [4.69, 9.17) is 11.2 Å². The lowest BCUT2D eigenvalue weighted by Gasteiger charge is -2.16. The number of hydrogen-bond acceptors (Lipinski definition) is 2. The van der Waals surface area contributed by atoms with Gasteiger partial charge in [0.15, 0.2) is 0 Å². The van der Waals surface area contributed by atoms with Crippen molar-refractivity contribution in [3.05, 3.63) is 12.3 Å². The largest absolute Gasteiger partial charge is 0.330 e. The lowest BCUT2D eigenvalue weighted by atomic mass is 10.7. The van der Waals surface area contributed by atoms with E-state index in [0.717, 1.165) is 0 Å². The third-order valence-corrected chi connectivity index (χ3v) is 2.77. The van der Waals surface area contributed by atoms with Crippen molar-refractivity contribution in [2.24, 2.45) is 4.76 Å². The Morgan fingerprint density at radius 1 is 1.75 bits per heavy atom. The molecule has 0 bridgehead atoms. The minimum atomic E-state index is -0.765. The van der Waals surface area contributed by atoms with Gasteiger partial charge in [-0.15, -0.1) is 0 Å². The standard InChI is InChI=1S/C4H6ClN2P/c1-7-4-2-3-6-8(7)5/h2-4H,1H3. The average Bonchev–Trinajstić information content (AvgIpc) is 1.77. The molecule has 0 aromatic heterocycles. The number of nitrogens with zero attached hydrogens (tertiary/aromatic N) is 2. The van der Waals surface area contributed by atoms with Gasteiger partial charge in [-0.05, 0) is 17.3 Å². The first-order valence-electron chi connectivity index (χ1n) is 2.20. The molecule has 0 aromatic carbocycles. The molecule has 44 valence electrons. The van der Waals surface area contributed by atoms with Crippen LogP contribution >= 0.6 is 18.8 Å². The fourth-order valence-electron chi connectivity index (χ4n) is 0.393. The normalized spacial score (nSPS) is 26.8. The van der Waals surface area contributed by atoms with Crippen molar-refractivity contribution in [3.63, 3.8) is 0 Å². The third-order valence-electron chi connectivity index (χ3n) is 0.810. The molecule has 8 heavy (non-hydrogen) atoms. The van der Waals surface area contributed by atoms with Gasteiger partial charge in [0.1, 0.15) is 0 Å². The highest BCUT2D eigenvalue weighted by molar-refractivity contribution is 7.81. The van der Waals surface area contributed by atoms with Gasteiger partial charge < -0.3 is 4.67 Å². The molecule has 0 saturated carbocycles. The lowest BCUT2D eigenvalue weighted by Crippen LogP contribution is -2.00. The van der Waals surface area contributed by atoms with Crippen LogP contribution in [0.5, 0.6) is 0 Å². The van der Waals surface area contributed by atoms with E-state index in [0.29, 0.717) is 0 Å². The van der Waals surface area contributed by atoms with Crippen LogP contribution in [0.3, 0.4) is 0 Å². The van der Waals surface area contributed by atoms with Crippen molar-refractivity contribution in [1.29, 1.82) is 0 Å². The molecular formula is C4H6ClN2P. The summed E-state index contributed by atoms with van der Waals surface area (Å²) in [6.45, 7) is 0. The van der Waals surface area contributed by atoms with Crippen LogP contribution in [0.25, 0.3) is 0 Å². The van der Waals surface area contributed by atoms with Crippen molar-refractivity contribution in [2.45, 2.75) is 0 Å². The molecular weight excluding hydrogens is 142 g/mol. The Morgan fingerprint density at radius 2 is 2.50 bits per heavy atom. The van der Waals surface area contributed by atoms with Crippen molar-refractivity contribution in [2.75, 3.05) is 7.05 Å². The SMILES string of the molecule is CN1C=CC=NP1Cl. The van der Waals surface area contributed by atoms with Gasteiger partial charge in [-0.1, -0.05) is 0 Å². The smallest absolute Gasteiger partial charge is 0.216 e. The van der Waals surface area contributed by atoms with Gasteiger partial charge in [-0.2, -0.15) is 0 Å². The second-order valence-corrected chi connectivity index (χ2v) is 3.67. The Hall–Kier alpha value is -0.0700. The van der Waals surface area contributed by atoms with E-state index < -0.39 is 7.58 Å². The summed E-state index contributed by atoms with van der Waals surface area (Å²) < 4.78 is 5.84. The van der Waals surface area contributed by atoms with Crippen molar-refractivity contribution in [1.82, 2.24) is 4.67 Å². The molecule has 1 atom stereocenters. The Kier molecular flexibility index (Phi) is 1.87. The molecule has 1 aliphatic rings. The maximum atomic E-state index is 5.71. The molecule has 0 aliphatic carbocycles. The zero-order chi connectivity index (χ0) is 5.98. The molecule has 0 spiro atoms. The van der Waals surface area contributed by atoms with Crippen LogP contribution in [0, 0.1) is 0 Å². The van der Waals surface area contributed by atoms with Gasteiger partial charge in [0.05, 0.1) is 0 Å². The minimum absolute atomic E-state index is 0.765. The summed E-state index contributed by atoms with van der Waals surface area (Å²) >= 11 is 5.71. The highest BCUT2D eigenvalue weighted by Crippen LogP contribution is 2.46. The molecule has 0 N–H and O–H groups in total. The van der Waals surface area contributed by atoms with E-state index >= 15 is 0 Å². The number of hydrogen-bond donors (Lipinski definition) is 0. The predicted molar refractivity (Wildman–Crippen MR) is 38.2 cm³/mol. The van der Waals surface area contributed by atoms with Gasteiger partial charge >= 0.3 is 0 Å². The Labute approximate surface area is 54.5 Å². The monoisotopic (exact) mass is 148 g/mol. The second-order valence-electron chi connectivity index (χ2n) is 1.42. The molecule has 0 amide bonds. The maximum Gasteiger partial charge on any atom is 0.216 e. The maximum absolute atomic E-state index is 5.71. The summed E-state index contributed by atoms with van der Waals surface area (Å²) in [4.78, 5) is 0. The summed E-state index contributed by atoms with van der Waals surface area (Å²) in [6.07, 6.45) is 5.49. The van der Waals surface area contributed by atoms with Gasteiger partial charge in [-0.25, -0.2) is 4.76 Å². The number of rotatable bonds is 0. The highest BCUT2D eigenvalue weighted by Gasteiger charge is 2.05. The van der Waals surface area contributed by atoms with E-state index in [1.54, 1.807) is 6.21 Å². The van der Waals surface area contributed by atoms with Crippen LogP contribution in [0.15, 0.2) is 17.0 Å². The second kappa shape index (κ2) is 2.47. The molecule has 1 unspecified atom stereocenters. The predicted octanol–water partition coefficient (Wildman–Crippen LogP) is 1.98. The summed E-state index contributed by atoms with van der Waals surface area (Å²) in [6, 6.07) is 0. The number of halogens is 1. The molecule has 1 heterocycles. The summed E-state index contributed by atoms with van der Waals surface area (Å²) in [5.74, 6) is 0. The lowest BCUT2D eigenvalue weighted by molar-refractivity contribution is 0.756. The first kappa shape index (κ1) is 6.06. The molecule has 1 rings (SSSR count). The quantitative estimate of drug-likeness (QED) is 0.480. The summed E-state index contributed by atoms with van der Waals surface area (Å²) in [7, 11) is 1.14.